The SMILES string of the molecule is CCOP(=O)(OCC)OP(=O)(OCC)OP(=O)(OC(C)C)OP(=O)(OC(C)C)OC(C)C. The van der Waals surface area contributed by atoms with Crippen LogP contribution in [0.3, 0.4) is 0 Å². The minimum atomic E-state index is -5.04. The Labute approximate surface area is 190 Å². The van der Waals surface area contributed by atoms with Crippen molar-refractivity contribution in [3.63, 3.8) is 0 Å². The molecule has 0 aromatic rings. The zero-order valence-electron chi connectivity index (χ0n) is 19.9. The molecule has 0 heterocycles. The number of hydrogen-bond donors (Lipinski definition) is 0. The van der Waals surface area contributed by atoms with Gasteiger partial charge in [-0.1, -0.05) is 0 Å². The van der Waals surface area contributed by atoms with E-state index in [0.717, 1.165) is 0 Å². The van der Waals surface area contributed by atoms with E-state index in [9.17, 15) is 18.3 Å². The Morgan fingerprint density at radius 1 is 0.469 bits per heavy atom. The van der Waals surface area contributed by atoms with E-state index in [1.165, 1.54) is 62.3 Å². The standard InChI is InChI=1S/C15H36O13P4/c1-10-20-29(16,21-11-2)26-30(17,22-12-3)27-32(19,25-15(8)9)28-31(18,23-13(4)5)24-14(6)7/h13-15H,10-12H2,1-9H3. The summed E-state index contributed by atoms with van der Waals surface area (Å²) in [4.78, 5) is 0. The van der Waals surface area contributed by atoms with Crippen molar-refractivity contribution in [2.24, 2.45) is 0 Å². The molecule has 0 aliphatic carbocycles. The van der Waals surface area contributed by atoms with Gasteiger partial charge in [-0.3, -0.25) is 27.1 Å². The molecule has 0 aromatic heterocycles. The molecule has 13 nitrogen and oxygen atoms in total. The summed E-state index contributed by atoms with van der Waals surface area (Å²) in [6.45, 7) is 12.8. The molecular formula is C15H36O13P4. The second-order valence-electron chi connectivity index (χ2n) is 6.75. The Hall–Kier alpha value is 0.560. The largest absolute Gasteiger partial charge is 0.492 e. The van der Waals surface area contributed by atoms with Gasteiger partial charge in [-0.15, -0.1) is 0 Å². The summed E-state index contributed by atoms with van der Waals surface area (Å²) in [6, 6.07) is 0. The monoisotopic (exact) mass is 548 g/mol. The van der Waals surface area contributed by atoms with Crippen LogP contribution in [0.5, 0.6) is 0 Å². The molecule has 0 amide bonds. The zero-order valence-corrected chi connectivity index (χ0v) is 23.5. The molecule has 0 radical (unpaired) electrons. The minimum Gasteiger partial charge on any atom is -0.287 e. The third kappa shape index (κ3) is 12.9. The van der Waals surface area contributed by atoms with E-state index in [1.54, 1.807) is 0 Å². The molecule has 0 aromatic carbocycles. The summed E-state index contributed by atoms with van der Waals surface area (Å²) in [6.07, 6.45) is -2.20. The lowest BCUT2D eigenvalue weighted by atomic mass is 10.5. The van der Waals surface area contributed by atoms with Gasteiger partial charge in [0, 0.05) is 0 Å². The molecule has 0 saturated carbocycles. The lowest BCUT2D eigenvalue weighted by Gasteiger charge is -2.28. The van der Waals surface area contributed by atoms with Crippen LogP contribution in [0, 0.1) is 0 Å². The predicted octanol–water partition coefficient (Wildman–Crippen LogP) is 6.85. The van der Waals surface area contributed by atoms with Crippen molar-refractivity contribution in [1.29, 1.82) is 0 Å². The molecule has 0 saturated heterocycles. The molecule has 2 atom stereocenters. The van der Waals surface area contributed by atoms with Gasteiger partial charge in [0.05, 0.1) is 38.1 Å². The van der Waals surface area contributed by atoms with Crippen LogP contribution in [0.1, 0.15) is 62.3 Å². The average molecular weight is 548 g/mol. The summed E-state index contributed by atoms with van der Waals surface area (Å²) in [5.41, 5.74) is 0. The fourth-order valence-electron chi connectivity index (χ4n) is 1.88. The van der Waals surface area contributed by atoms with Gasteiger partial charge >= 0.3 is 31.3 Å². The Bertz CT molecular complexity index is 715. The lowest BCUT2D eigenvalue weighted by molar-refractivity contribution is 0.0789. The van der Waals surface area contributed by atoms with Gasteiger partial charge in [-0.05, 0) is 62.3 Å². The van der Waals surface area contributed by atoms with Crippen molar-refractivity contribution in [2.45, 2.75) is 80.6 Å². The highest BCUT2D eigenvalue weighted by Crippen LogP contribution is 2.77. The van der Waals surface area contributed by atoms with Crippen LogP contribution in [0.25, 0.3) is 0 Å². The first-order valence-electron chi connectivity index (χ1n) is 10.1. The molecule has 17 heteroatoms. The summed E-state index contributed by atoms with van der Waals surface area (Å²) >= 11 is 0. The van der Waals surface area contributed by atoms with Gasteiger partial charge in [0.1, 0.15) is 0 Å². The number of rotatable bonds is 18. The molecule has 0 fully saturated rings. The van der Waals surface area contributed by atoms with E-state index >= 15 is 0 Å². The minimum absolute atomic E-state index is 0.139. The van der Waals surface area contributed by atoms with Gasteiger partial charge in [0.25, 0.3) is 0 Å². The van der Waals surface area contributed by atoms with Crippen LogP contribution in [0.2, 0.25) is 0 Å². The maximum atomic E-state index is 13.4. The van der Waals surface area contributed by atoms with Crippen LogP contribution in [-0.4, -0.2) is 38.1 Å². The second kappa shape index (κ2) is 14.2. The van der Waals surface area contributed by atoms with Gasteiger partial charge in [-0.2, -0.15) is 12.9 Å². The molecule has 0 spiro atoms. The van der Waals surface area contributed by atoms with E-state index in [4.69, 9.17) is 40.1 Å². The van der Waals surface area contributed by atoms with Gasteiger partial charge in [0.15, 0.2) is 0 Å². The lowest BCUT2D eigenvalue weighted by Crippen LogP contribution is -2.12. The van der Waals surface area contributed by atoms with Crippen LogP contribution in [-0.2, 0) is 58.3 Å². The normalized spacial score (nSPS) is 17.1. The van der Waals surface area contributed by atoms with Gasteiger partial charge in [-0.25, -0.2) is 18.3 Å². The van der Waals surface area contributed by atoms with Gasteiger partial charge in [0.2, 0.25) is 0 Å². The first kappa shape index (κ1) is 32.6. The Balaban J connectivity index is 6.19. The molecule has 0 bridgehead atoms. The number of phosphoric ester groups is 2. The fourth-order valence-corrected chi connectivity index (χ4v) is 9.59. The van der Waals surface area contributed by atoms with Gasteiger partial charge < -0.3 is 0 Å². The van der Waals surface area contributed by atoms with E-state index in [2.05, 4.69) is 0 Å². The first-order chi connectivity index (χ1) is 14.6. The summed E-state index contributed by atoms with van der Waals surface area (Å²) < 4.78 is 97.6. The quantitative estimate of drug-likeness (QED) is 0.164. The highest BCUT2D eigenvalue weighted by atomic mass is 31.3. The Kier molecular flexibility index (Phi) is 14.4. The van der Waals surface area contributed by atoms with E-state index in [-0.39, 0.29) is 19.8 Å². The number of phosphoric acid groups is 4. The maximum Gasteiger partial charge on any atom is 0.492 e. The smallest absolute Gasteiger partial charge is 0.287 e. The zero-order chi connectivity index (χ0) is 25.2. The summed E-state index contributed by atoms with van der Waals surface area (Å²) in [5.74, 6) is 0. The van der Waals surface area contributed by atoms with Crippen molar-refractivity contribution >= 4 is 31.3 Å². The Morgan fingerprint density at radius 2 is 0.750 bits per heavy atom. The van der Waals surface area contributed by atoms with Crippen LogP contribution in [0.4, 0.5) is 0 Å². The molecule has 194 valence electrons. The van der Waals surface area contributed by atoms with Crippen LogP contribution >= 0.6 is 31.3 Å². The fraction of sp³-hybridized carbons (Fsp3) is 1.00. The van der Waals surface area contributed by atoms with E-state index in [1.807, 2.05) is 0 Å². The van der Waals surface area contributed by atoms with Crippen molar-refractivity contribution in [1.82, 2.24) is 0 Å². The third-order valence-corrected chi connectivity index (χ3v) is 11.0. The van der Waals surface area contributed by atoms with Crippen LogP contribution in [0.15, 0.2) is 0 Å². The van der Waals surface area contributed by atoms with Crippen molar-refractivity contribution < 1.29 is 58.3 Å². The third-order valence-electron chi connectivity index (χ3n) is 2.48. The topological polar surface area (TPSA) is 151 Å². The first-order valence-corrected chi connectivity index (χ1v) is 15.9. The molecule has 2 unspecified atom stereocenters. The highest BCUT2D eigenvalue weighted by Gasteiger charge is 2.51. The molecule has 0 aliphatic rings. The van der Waals surface area contributed by atoms with Crippen LogP contribution < -0.4 is 0 Å². The Morgan fingerprint density at radius 3 is 1.09 bits per heavy atom. The average Bonchev–Trinajstić information content (AvgIpc) is 2.50. The highest BCUT2D eigenvalue weighted by molar-refractivity contribution is 7.70. The molecular weight excluding hydrogens is 512 g/mol. The number of hydrogen-bond acceptors (Lipinski definition) is 13. The molecule has 0 N–H and O–H groups in total. The van der Waals surface area contributed by atoms with Crippen molar-refractivity contribution in [3.05, 3.63) is 0 Å². The van der Waals surface area contributed by atoms with E-state index in [0.29, 0.717) is 0 Å². The molecule has 0 rings (SSSR count). The second-order valence-corrected chi connectivity index (χ2v) is 13.7. The molecule has 0 aliphatic heterocycles. The summed E-state index contributed by atoms with van der Waals surface area (Å²) in [5, 5.41) is 0. The maximum absolute atomic E-state index is 13.4. The predicted molar refractivity (Wildman–Crippen MR) is 117 cm³/mol. The van der Waals surface area contributed by atoms with E-state index < -0.39 is 49.6 Å². The van der Waals surface area contributed by atoms with Crippen molar-refractivity contribution in [3.8, 4) is 0 Å². The molecule has 32 heavy (non-hydrogen) atoms. The van der Waals surface area contributed by atoms with Crippen molar-refractivity contribution in [2.75, 3.05) is 19.8 Å². The summed E-state index contributed by atoms with van der Waals surface area (Å²) in [7, 11) is -19.1.